The minimum atomic E-state index is -0.0706. The Kier molecular flexibility index (Phi) is 4.39. The van der Waals surface area contributed by atoms with Crippen molar-refractivity contribution in [3.8, 4) is 22.8 Å². The molecule has 0 radical (unpaired) electrons. The van der Waals surface area contributed by atoms with Crippen LogP contribution in [0.15, 0.2) is 27.7 Å². The highest BCUT2D eigenvalue weighted by Gasteiger charge is 2.16. The Balaban J connectivity index is 2.23. The van der Waals surface area contributed by atoms with Gasteiger partial charge in [-0.2, -0.15) is 0 Å². The SMILES string of the molecule is C#CCn1c(CCOC)nc2scc(-c3cccs3)c2c1=O. The van der Waals surface area contributed by atoms with E-state index in [0.717, 1.165) is 15.3 Å². The average Bonchev–Trinajstić information content (AvgIpc) is 3.17. The monoisotopic (exact) mass is 330 g/mol. The van der Waals surface area contributed by atoms with Crippen molar-refractivity contribution >= 4 is 32.9 Å². The molecule has 0 spiro atoms. The summed E-state index contributed by atoms with van der Waals surface area (Å²) in [7, 11) is 1.63. The molecular formula is C16H14N2O2S2. The van der Waals surface area contributed by atoms with Crippen molar-refractivity contribution < 1.29 is 4.74 Å². The molecule has 0 N–H and O–H groups in total. The van der Waals surface area contributed by atoms with Gasteiger partial charge in [0.25, 0.3) is 5.56 Å². The molecule has 0 atom stereocenters. The fourth-order valence-electron chi connectivity index (χ4n) is 2.32. The lowest BCUT2D eigenvalue weighted by molar-refractivity contribution is 0.199. The van der Waals surface area contributed by atoms with Crippen LogP contribution in [0.3, 0.4) is 0 Å². The van der Waals surface area contributed by atoms with Crippen molar-refractivity contribution in [2.45, 2.75) is 13.0 Å². The lowest BCUT2D eigenvalue weighted by Crippen LogP contribution is -2.25. The Morgan fingerprint density at radius 3 is 3.00 bits per heavy atom. The number of terminal acetylenes is 1. The molecule has 0 aromatic carbocycles. The number of hydrogen-bond donors (Lipinski definition) is 0. The number of fused-ring (bicyclic) bond motifs is 1. The van der Waals surface area contributed by atoms with E-state index < -0.39 is 0 Å². The second-order valence-electron chi connectivity index (χ2n) is 4.67. The van der Waals surface area contributed by atoms with Crippen LogP contribution in [0, 0.1) is 12.3 Å². The fraction of sp³-hybridized carbons (Fsp3) is 0.250. The third-order valence-electron chi connectivity index (χ3n) is 3.34. The maximum atomic E-state index is 12.9. The number of nitrogens with zero attached hydrogens (tertiary/aromatic N) is 2. The maximum absolute atomic E-state index is 12.9. The number of thiophene rings is 2. The summed E-state index contributed by atoms with van der Waals surface area (Å²) in [5.41, 5.74) is 0.871. The molecule has 0 aliphatic heterocycles. The molecule has 0 fully saturated rings. The smallest absolute Gasteiger partial charge is 0.263 e. The third-order valence-corrected chi connectivity index (χ3v) is 5.11. The molecule has 0 unspecified atom stereocenters. The first kappa shape index (κ1) is 15.0. The molecule has 0 saturated heterocycles. The standard InChI is InChI=1S/C16H14N2O2S2/c1-3-7-18-13(6-8-20-2)17-15-14(16(18)19)11(10-22-15)12-5-4-9-21-12/h1,4-5,9-10H,6-8H2,2H3. The van der Waals surface area contributed by atoms with E-state index in [1.165, 1.54) is 11.3 Å². The van der Waals surface area contributed by atoms with E-state index in [4.69, 9.17) is 11.2 Å². The summed E-state index contributed by atoms with van der Waals surface area (Å²) >= 11 is 3.10. The predicted octanol–water partition coefficient (Wildman–Crippen LogP) is 3.01. The van der Waals surface area contributed by atoms with Crippen molar-refractivity contribution in [2.24, 2.45) is 0 Å². The molecule has 0 aliphatic carbocycles. The van der Waals surface area contributed by atoms with Crippen molar-refractivity contribution in [3.63, 3.8) is 0 Å². The quantitative estimate of drug-likeness (QED) is 0.676. The van der Waals surface area contributed by atoms with Gasteiger partial charge in [0.2, 0.25) is 0 Å². The van der Waals surface area contributed by atoms with Crippen LogP contribution in [-0.4, -0.2) is 23.3 Å². The number of rotatable bonds is 5. The van der Waals surface area contributed by atoms with Gasteiger partial charge in [-0.05, 0) is 11.4 Å². The summed E-state index contributed by atoms with van der Waals surface area (Å²) in [6.45, 7) is 0.728. The highest BCUT2D eigenvalue weighted by Crippen LogP contribution is 2.33. The molecule has 3 heterocycles. The van der Waals surface area contributed by atoms with Gasteiger partial charge in [-0.25, -0.2) is 4.98 Å². The van der Waals surface area contributed by atoms with Gasteiger partial charge < -0.3 is 4.74 Å². The first-order valence-electron chi connectivity index (χ1n) is 6.73. The third kappa shape index (κ3) is 2.59. The Bertz CT molecular complexity index is 885. The Hall–Kier alpha value is -1.94. The second kappa shape index (κ2) is 6.44. The van der Waals surface area contributed by atoms with Crippen LogP contribution in [0.25, 0.3) is 20.7 Å². The predicted molar refractivity (Wildman–Crippen MR) is 91.6 cm³/mol. The largest absolute Gasteiger partial charge is 0.384 e. The molecule has 0 amide bonds. The summed E-state index contributed by atoms with van der Waals surface area (Å²) in [4.78, 5) is 19.3. The van der Waals surface area contributed by atoms with Gasteiger partial charge in [-0.1, -0.05) is 12.0 Å². The van der Waals surface area contributed by atoms with Crippen LogP contribution in [-0.2, 0) is 17.7 Å². The Labute approximate surface area is 136 Å². The fourth-order valence-corrected chi connectivity index (χ4v) is 4.09. The van der Waals surface area contributed by atoms with Crippen molar-refractivity contribution in [1.29, 1.82) is 0 Å². The van der Waals surface area contributed by atoms with Crippen molar-refractivity contribution in [2.75, 3.05) is 13.7 Å². The summed E-state index contributed by atoms with van der Waals surface area (Å²) in [6, 6.07) is 3.99. The van der Waals surface area contributed by atoms with Gasteiger partial charge in [-0.15, -0.1) is 29.1 Å². The van der Waals surface area contributed by atoms with E-state index in [9.17, 15) is 4.79 Å². The molecule has 3 aromatic heterocycles. The number of aromatic nitrogens is 2. The van der Waals surface area contributed by atoms with Crippen molar-refractivity contribution in [3.05, 3.63) is 39.1 Å². The minimum absolute atomic E-state index is 0.0706. The first-order valence-corrected chi connectivity index (χ1v) is 8.49. The van der Waals surface area contributed by atoms with Crippen LogP contribution in [0.4, 0.5) is 0 Å². The number of ether oxygens (including phenoxy) is 1. The van der Waals surface area contributed by atoms with Gasteiger partial charge in [0.15, 0.2) is 0 Å². The van der Waals surface area contributed by atoms with Crippen LogP contribution in [0.5, 0.6) is 0 Å². The van der Waals surface area contributed by atoms with Crippen LogP contribution < -0.4 is 5.56 Å². The summed E-state index contributed by atoms with van der Waals surface area (Å²) in [5.74, 6) is 3.22. The van der Waals surface area contributed by atoms with Crippen LogP contribution in [0.1, 0.15) is 5.82 Å². The van der Waals surface area contributed by atoms with Gasteiger partial charge >= 0.3 is 0 Å². The van der Waals surface area contributed by atoms with Gasteiger partial charge in [0.05, 0.1) is 18.5 Å². The normalized spacial score (nSPS) is 10.9. The van der Waals surface area contributed by atoms with E-state index in [-0.39, 0.29) is 12.1 Å². The van der Waals surface area contributed by atoms with E-state index in [0.29, 0.717) is 24.2 Å². The molecule has 22 heavy (non-hydrogen) atoms. The molecule has 3 aromatic rings. The number of hydrogen-bond acceptors (Lipinski definition) is 5. The van der Waals surface area contributed by atoms with E-state index in [2.05, 4.69) is 10.9 Å². The highest BCUT2D eigenvalue weighted by atomic mass is 32.1. The van der Waals surface area contributed by atoms with Gasteiger partial charge in [0.1, 0.15) is 10.7 Å². The average molecular weight is 330 g/mol. The van der Waals surface area contributed by atoms with E-state index in [1.54, 1.807) is 23.0 Å². The molecule has 6 heteroatoms. The topological polar surface area (TPSA) is 44.1 Å². The molecule has 0 saturated carbocycles. The highest BCUT2D eigenvalue weighted by molar-refractivity contribution is 7.18. The van der Waals surface area contributed by atoms with Gasteiger partial charge in [0, 0.05) is 29.4 Å². The molecule has 3 rings (SSSR count). The first-order chi connectivity index (χ1) is 10.8. The molecule has 112 valence electrons. The molecule has 0 bridgehead atoms. The van der Waals surface area contributed by atoms with Gasteiger partial charge in [-0.3, -0.25) is 9.36 Å². The van der Waals surface area contributed by atoms with Crippen molar-refractivity contribution in [1.82, 2.24) is 9.55 Å². The summed E-state index contributed by atoms with van der Waals surface area (Å²) in [6.07, 6.45) is 5.98. The molecule has 4 nitrogen and oxygen atoms in total. The zero-order valence-electron chi connectivity index (χ0n) is 12.0. The molecule has 0 aliphatic rings. The zero-order chi connectivity index (χ0) is 15.5. The maximum Gasteiger partial charge on any atom is 0.263 e. The molecular weight excluding hydrogens is 316 g/mol. The lowest BCUT2D eigenvalue weighted by atomic mass is 10.2. The van der Waals surface area contributed by atoms with E-state index in [1.807, 2.05) is 22.9 Å². The van der Waals surface area contributed by atoms with E-state index >= 15 is 0 Å². The summed E-state index contributed by atoms with van der Waals surface area (Å²) < 4.78 is 6.67. The summed E-state index contributed by atoms with van der Waals surface area (Å²) in [5, 5.41) is 4.65. The zero-order valence-corrected chi connectivity index (χ0v) is 13.7. The minimum Gasteiger partial charge on any atom is -0.384 e. The van der Waals surface area contributed by atoms with Crippen LogP contribution in [0.2, 0.25) is 0 Å². The number of methoxy groups -OCH3 is 1. The Morgan fingerprint density at radius 2 is 2.32 bits per heavy atom. The Morgan fingerprint density at radius 1 is 1.45 bits per heavy atom. The lowest BCUT2D eigenvalue weighted by Gasteiger charge is -2.09. The van der Waals surface area contributed by atoms with Crippen LogP contribution >= 0.6 is 22.7 Å². The second-order valence-corrected chi connectivity index (χ2v) is 6.48.